The molecule has 2 N–H and O–H groups in total. The van der Waals surface area contributed by atoms with Gasteiger partial charge in [0.1, 0.15) is 0 Å². The summed E-state index contributed by atoms with van der Waals surface area (Å²) in [5.41, 5.74) is 0. The Morgan fingerprint density at radius 2 is 1.62 bits per heavy atom. The minimum absolute atomic E-state index is 0.400. The number of aliphatic hydroxyl groups excluding tert-OH is 2. The quantitative estimate of drug-likeness (QED) is 0.710. The van der Waals surface area contributed by atoms with Crippen LogP contribution in [-0.2, 0) is 0 Å². The van der Waals surface area contributed by atoms with Gasteiger partial charge >= 0.3 is 0 Å². The molecular weight excluding hydrogens is 236 g/mol. The van der Waals surface area contributed by atoms with Crippen LogP contribution in [0.5, 0.6) is 0 Å². The number of hydrogen-bond donors (Lipinski definition) is 2. The molecule has 0 amide bonds. The van der Waals surface area contributed by atoms with Crippen LogP contribution in [0.3, 0.4) is 0 Å². The van der Waals surface area contributed by atoms with E-state index in [1.165, 1.54) is 0 Å². The molecule has 1 saturated heterocycles. The zero-order valence-corrected chi connectivity index (χ0v) is 9.23. The fraction of sp³-hybridized carbons (Fsp3) is 1.00. The fourth-order valence-electron chi connectivity index (χ4n) is 1.31. The number of likely N-dealkylation sites (tertiary alicyclic amines) is 1. The smallest absolute Gasteiger partial charge is 0.191 e. The lowest BCUT2D eigenvalue weighted by Gasteiger charge is -2.17. The van der Waals surface area contributed by atoms with Crippen molar-refractivity contribution < 1.29 is 10.2 Å². The highest BCUT2D eigenvalue weighted by atomic mass is 35.6. The first kappa shape index (κ1) is 11.8. The van der Waals surface area contributed by atoms with E-state index < -0.39 is 16.0 Å². The van der Waals surface area contributed by atoms with Gasteiger partial charge in [-0.2, -0.15) is 0 Å². The normalized spacial score (nSPS) is 31.2. The Labute approximate surface area is 92.2 Å². The van der Waals surface area contributed by atoms with Gasteiger partial charge in [-0.1, -0.05) is 34.8 Å². The molecule has 0 bridgehead atoms. The summed E-state index contributed by atoms with van der Waals surface area (Å²) in [7, 11) is 0. The second-order valence-corrected chi connectivity index (χ2v) is 5.78. The lowest BCUT2D eigenvalue weighted by molar-refractivity contribution is 0.0572. The largest absolute Gasteiger partial charge is 0.389 e. The van der Waals surface area contributed by atoms with E-state index in [2.05, 4.69) is 0 Å². The molecule has 0 saturated carbocycles. The molecule has 0 aliphatic carbocycles. The summed E-state index contributed by atoms with van der Waals surface area (Å²) in [5.74, 6) is 0. The van der Waals surface area contributed by atoms with Crippen LogP contribution in [0.25, 0.3) is 0 Å². The van der Waals surface area contributed by atoms with Gasteiger partial charge in [0.15, 0.2) is 3.79 Å². The van der Waals surface area contributed by atoms with Gasteiger partial charge in [0, 0.05) is 26.1 Å². The number of nitrogens with zero attached hydrogens (tertiary/aromatic N) is 1. The van der Waals surface area contributed by atoms with Crippen LogP contribution in [-0.4, -0.2) is 50.7 Å². The van der Waals surface area contributed by atoms with Gasteiger partial charge in [-0.15, -0.1) is 0 Å². The van der Waals surface area contributed by atoms with E-state index in [-0.39, 0.29) is 0 Å². The Morgan fingerprint density at radius 3 is 2.00 bits per heavy atom. The lowest BCUT2D eigenvalue weighted by Crippen LogP contribution is -2.26. The van der Waals surface area contributed by atoms with Crippen molar-refractivity contribution in [1.29, 1.82) is 0 Å². The summed E-state index contributed by atoms with van der Waals surface area (Å²) in [6.45, 7) is 1.47. The molecule has 0 aromatic rings. The molecule has 2 atom stereocenters. The average Bonchev–Trinajstić information content (AvgIpc) is 2.27. The Morgan fingerprint density at radius 1 is 1.15 bits per heavy atom. The zero-order chi connectivity index (χ0) is 10.1. The third-order valence-electron chi connectivity index (χ3n) is 2.05. The van der Waals surface area contributed by atoms with Crippen LogP contribution in [0.1, 0.15) is 6.42 Å². The van der Waals surface area contributed by atoms with Crippen molar-refractivity contribution in [3.05, 3.63) is 0 Å². The van der Waals surface area contributed by atoms with E-state index in [0.29, 0.717) is 26.1 Å². The maximum Gasteiger partial charge on any atom is 0.191 e. The predicted octanol–water partition coefficient (Wildman–Crippen LogP) is 0.784. The SMILES string of the molecule is O[C@@H]1CN(CCC(Cl)(Cl)Cl)C[C@@H]1O. The molecular formula is C7H12Cl3NO2. The highest BCUT2D eigenvalue weighted by molar-refractivity contribution is 6.67. The molecule has 0 unspecified atom stereocenters. The molecule has 6 heteroatoms. The highest BCUT2D eigenvalue weighted by Crippen LogP contribution is 2.30. The summed E-state index contributed by atoms with van der Waals surface area (Å²) < 4.78 is -1.25. The van der Waals surface area contributed by atoms with Crippen molar-refractivity contribution in [3.8, 4) is 0 Å². The molecule has 0 radical (unpaired) electrons. The minimum atomic E-state index is -1.25. The number of alkyl halides is 3. The molecule has 1 aliphatic rings. The van der Waals surface area contributed by atoms with E-state index in [9.17, 15) is 10.2 Å². The Balaban J connectivity index is 2.25. The maximum atomic E-state index is 9.21. The highest BCUT2D eigenvalue weighted by Gasteiger charge is 2.30. The van der Waals surface area contributed by atoms with Gasteiger partial charge in [-0.25, -0.2) is 0 Å². The first-order valence-corrected chi connectivity index (χ1v) is 5.17. The van der Waals surface area contributed by atoms with E-state index in [0.717, 1.165) is 0 Å². The molecule has 1 aliphatic heterocycles. The number of halogens is 3. The van der Waals surface area contributed by atoms with Crippen LogP contribution < -0.4 is 0 Å². The standard InChI is InChI=1S/C7H12Cl3NO2/c8-7(9,10)1-2-11-3-5(12)6(13)4-11/h5-6,12-13H,1-4H2/t5-,6+. The van der Waals surface area contributed by atoms with Crippen molar-refractivity contribution in [2.75, 3.05) is 19.6 Å². The maximum absolute atomic E-state index is 9.21. The van der Waals surface area contributed by atoms with Crippen LogP contribution in [0, 0.1) is 0 Å². The second-order valence-electron chi connectivity index (χ2n) is 3.26. The molecule has 1 fully saturated rings. The van der Waals surface area contributed by atoms with Crippen molar-refractivity contribution in [2.24, 2.45) is 0 Å². The number of β-amino-alcohol motifs (C(OH)–C–C–N with tert-alkyl or cyclic N) is 2. The lowest BCUT2D eigenvalue weighted by atomic mass is 10.3. The predicted molar refractivity (Wildman–Crippen MR) is 53.4 cm³/mol. The molecule has 1 heterocycles. The molecule has 3 nitrogen and oxygen atoms in total. The van der Waals surface area contributed by atoms with Crippen molar-refractivity contribution in [3.63, 3.8) is 0 Å². The van der Waals surface area contributed by atoms with Crippen LogP contribution in [0.15, 0.2) is 0 Å². The van der Waals surface area contributed by atoms with Gasteiger partial charge < -0.3 is 10.2 Å². The summed E-state index contributed by atoms with van der Waals surface area (Å²) in [5, 5.41) is 18.4. The van der Waals surface area contributed by atoms with Crippen LogP contribution in [0.2, 0.25) is 0 Å². The van der Waals surface area contributed by atoms with Crippen LogP contribution >= 0.6 is 34.8 Å². The van der Waals surface area contributed by atoms with Crippen molar-refractivity contribution in [1.82, 2.24) is 4.90 Å². The van der Waals surface area contributed by atoms with Crippen LogP contribution in [0.4, 0.5) is 0 Å². The van der Waals surface area contributed by atoms with E-state index in [1.807, 2.05) is 4.90 Å². The Hall–Kier alpha value is 0.750. The Kier molecular flexibility index (Phi) is 4.10. The van der Waals surface area contributed by atoms with E-state index in [4.69, 9.17) is 34.8 Å². The summed E-state index contributed by atoms with van der Waals surface area (Å²) >= 11 is 16.7. The van der Waals surface area contributed by atoms with Gasteiger partial charge in [0.2, 0.25) is 0 Å². The van der Waals surface area contributed by atoms with Gasteiger partial charge in [-0.05, 0) is 0 Å². The third-order valence-corrected chi connectivity index (χ3v) is 2.61. The molecule has 78 valence electrons. The van der Waals surface area contributed by atoms with E-state index in [1.54, 1.807) is 0 Å². The minimum Gasteiger partial charge on any atom is -0.389 e. The van der Waals surface area contributed by atoms with Gasteiger partial charge in [0.25, 0.3) is 0 Å². The summed E-state index contributed by atoms with van der Waals surface area (Å²) in [6.07, 6.45) is -0.942. The molecule has 0 aromatic carbocycles. The van der Waals surface area contributed by atoms with Crippen molar-refractivity contribution in [2.45, 2.75) is 22.4 Å². The second kappa shape index (κ2) is 4.51. The fourth-order valence-corrected chi connectivity index (χ4v) is 1.57. The molecule has 0 aromatic heterocycles. The van der Waals surface area contributed by atoms with Gasteiger partial charge in [-0.3, -0.25) is 4.90 Å². The first-order chi connectivity index (χ1) is 5.88. The summed E-state index contributed by atoms with van der Waals surface area (Å²) in [4.78, 5) is 1.87. The summed E-state index contributed by atoms with van der Waals surface area (Å²) in [6, 6.07) is 0. The monoisotopic (exact) mass is 247 g/mol. The average molecular weight is 249 g/mol. The van der Waals surface area contributed by atoms with E-state index >= 15 is 0 Å². The Bertz CT molecular complexity index is 164. The number of aliphatic hydroxyl groups is 2. The van der Waals surface area contributed by atoms with Gasteiger partial charge in [0.05, 0.1) is 12.2 Å². The molecule has 0 spiro atoms. The molecule has 1 rings (SSSR count). The van der Waals surface area contributed by atoms with Crippen molar-refractivity contribution >= 4 is 34.8 Å². The third kappa shape index (κ3) is 4.19. The first-order valence-electron chi connectivity index (χ1n) is 4.04. The zero-order valence-electron chi connectivity index (χ0n) is 6.96. The molecule has 13 heavy (non-hydrogen) atoms. The number of hydrogen-bond acceptors (Lipinski definition) is 3. The number of rotatable bonds is 2. The topological polar surface area (TPSA) is 43.7 Å².